The second-order valence-electron chi connectivity index (χ2n) is 6.20. The molecule has 3 N–H and O–H groups in total. The van der Waals surface area contributed by atoms with Crippen molar-refractivity contribution >= 4 is 21.6 Å². The van der Waals surface area contributed by atoms with Crippen LogP contribution in [-0.2, 0) is 14.8 Å². The highest BCUT2D eigenvalue weighted by atomic mass is 32.2. The van der Waals surface area contributed by atoms with Gasteiger partial charge in [-0.3, -0.25) is 4.79 Å². The molecule has 0 bridgehead atoms. The van der Waals surface area contributed by atoms with E-state index in [2.05, 4.69) is 10.6 Å². The monoisotopic (exact) mass is 340 g/mol. The fourth-order valence-electron chi connectivity index (χ4n) is 2.80. The Bertz CT molecular complexity index is 638. The third-order valence-electron chi connectivity index (χ3n) is 4.18. The number of sulfonamides is 1. The number of rotatable bonds is 6. The molecule has 2 rings (SSSR count). The Morgan fingerprint density at radius 3 is 2.61 bits per heavy atom. The summed E-state index contributed by atoms with van der Waals surface area (Å²) in [6, 6.07) is 6.90. The van der Waals surface area contributed by atoms with Crippen molar-refractivity contribution in [3.05, 3.63) is 24.3 Å². The number of hydrogen-bond acceptors (Lipinski definition) is 3. The van der Waals surface area contributed by atoms with E-state index in [-0.39, 0.29) is 10.8 Å². The molecule has 0 atom stereocenters. The number of quaternary nitrogens is 1. The zero-order chi connectivity index (χ0) is 16.9. The van der Waals surface area contributed by atoms with E-state index in [1.165, 1.54) is 58.3 Å². The van der Waals surface area contributed by atoms with E-state index in [1.54, 1.807) is 12.1 Å². The summed E-state index contributed by atoms with van der Waals surface area (Å²) >= 11 is 0. The number of hydrogen-bond donors (Lipinski definition) is 2. The highest BCUT2D eigenvalue weighted by Gasteiger charge is 2.19. The first-order valence-corrected chi connectivity index (χ1v) is 9.49. The van der Waals surface area contributed by atoms with Gasteiger partial charge < -0.3 is 10.6 Å². The lowest BCUT2D eigenvalue weighted by atomic mass is 9.95. The highest BCUT2D eigenvalue weighted by molar-refractivity contribution is 7.89. The third-order valence-corrected chi connectivity index (χ3v) is 5.99. The van der Waals surface area contributed by atoms with Crippen LogP contribution in [0.2, 0.25) is 0 Å². The fourth-order valence-corrected chi connectivity index (χ4v) is 3.75. The second kappa shape index (κ2) is 7.90. The van der Waals surface area contributed by atoms with Gasteiger partial charge in [-0.15, -0.1) is 0 Å². The maximum Gasteiger partial charge on any atom is 0.279 e. The van der Waals surface area contributed by atoms with Crippen LogP contribution in [0, 0.1) is 0 Å². The topological polar surface area (TPSA) is 83.1 Å². The number of nitrogens with zero attached hydrogens (tertiary/aromatic N) is 1. The van der Waals surface area contributed by atoms with E-state index in [4.69, 9.17) is 0 Å². The third kappa shape index (κ3) is 5.02. The average molecular weight is 340 g/mol. The van der Waals surface area contributed by atoms with E-state index in [9.17, 15) is 13.2 Å². The molecule has 1 aliphatic rings. The van der Waals surface area contributed by atoms with Crippen molar-refractivity contribution in [1.82, 2.24) is 4.31 Å². The molecule has 1 aromatic rings. The quantitative estimate of drug-likeness (QED) is 0.802. The normalized spacial score (nSPS) is 16.5. The Kier molecular flexibility index (Phi) is 6.15. The zero-order valence-corrected chi connectivity index (χ0v) is 14.6. The van der Waals surface area contributed by atoms with Crippen molar-refractivity contribution in [3.8, 4) is 0 Å². The molecule has 6 nitrogen and oxygen atoms in total. The first-order valence-electron chi connectivity index (χ1n) is 8.05. The Labute approximate surface area is 138 Å². The van der Waals surface area contributed by atoms with Gasteiger partial charge in [-0.25, -0.2) is 12.7 Å². The van der Waals surface area contributed by atoms with Gasteiger partial charge >= 0.3 is 0 Å². The molecule has 0 heterocycles. The van der Waals surface area contributed by atoms with Crippen molar-refractivity contribution < 1.29 is 18.5 Å². The maximum absolute atomic E-state index is 12.1. The van der Waals surface area contributed by atoms with Gasteiger partial charge in [0.1, 0.15) is 0 Å². The molecule has 0 unspecified atom stereocenters. The molecular weight excluding hydrogens is 314 g/mol. The van der Waals surface area contributed by atoms with Gasteiger partial charge in [0.05, 0.1) is 10.9 Å². The van der Waals surface area contributed by atoms with Crippen molar-refractivity contribution in [3.63, 3.8) is 0 Å². The second-order valence-corrected chi connectivity index (χ2v) is 8.35. The highest BCUT2D eigenvalue weighted by Crippen LogP contribution is 2.18. The van der Waals surface area contributed by atoms with Crippen molar-refractivity contribution in [1.29, 1.82) is 0 Å². The molecule has 23 heavy (non-hydrogen) atoms. The van der Waals surface area contributed by atoms with Crippen LogP contribution in [0.4, 0.5) is 5.69 Å². The van der Waals surface area contributed by atoms with Gasteiger partial charge in [0.2, 0.25) is 10.0 Å². The molecule has 1 amide bonds. The molecule has 1 aromatic carbocycles. The summed E-state index contributed by atoms with van der Waals surface area (Å²) in [5, 5.41) is 4.87. The summed E-state index contributed by atoms with van der Waals surface area (Å²) in [6.45, 7) is 0.370. The summed E-state index contributed by atoms with van der Waals surface area (Å²) in [5.41, 5.74) is 0.509. The van der Waals surface area contributed by atoms with E-state index in [1.807, 2.05) is 0 Å². The van der Waals surface area contributed by atoms with Crippen molar-refractivity contribution in [2.24, 2.45) is 0 Å². The average Bonchev–Trinajstić information content (AvgIpc) is 2.54. The van der Waals surface area contributed by atoms with E-state index >= 15 is 0 Å². The van der Waals surface area contributed by atoms with Gasteiger partial charge in [0, 0.05) is 19.8 Å². The number of nitrogens with one attached hydrogen (secondary N) is 1. The lowest BCUT2D eigenvalue weighted by molar-refractivity contribution is -0.681. The van der Waals surface area contributed by atoms with Crippen molar-refractivity contribution in [2.45, 2.75) is 43.0 Å². The van der Waals surface area contributed by atoms with Crippen LogP contribution >= 0.6 is 0 Å². The standard InChI is InChI=1S/C16H25N3O3S/c1-19(2)23(21,22)15-10-6-9-14(11-15)18-16(20)12-17-13-7-4-3-5-8-13/h6,9-11,13,17H,3-5,7-8,12H2,1-2H3,(H,18,20)/p+1. The summed E-state index contributed by atoms with van der Waals surface area (Å²) in [6.07, 6.45) is 6.12. The predicted molar refractivity (Wildman–Crippen MR) is 89.6 cm³/mol. The lowest BCUT2D eigenvalue weighted by Gasteiger charge is -2.19. The molecule has 0 aliphatic heterocycles. The molecular formula is C16H26N3O3S+. The Morgan fingerprint density at radius 2 is 1.96 bits per heavy atom. The largest absolute Gasteiger partial charge is 0.336 e. The Hall–Kier alpha value is -1.44. The lowest BCUT2D eigenvalue weighted by Crippen LogP contribution is -2.91. The first-order chi connectivity index (χ1) is 10.9. The predicted octanol–water partition coefficient (Wildman–Crippen LogP) is 0.772. The van der Waals surface area contributed by atoms with Crippen LogP contribution in [0.25, 0.3) is 0 Å². The molecule has 1 fully saturated rings. The van der Waals surface area contributed by atoms with E-state index < -0.39 is 10.0 Å². The van der Waals surface area contributed by atoms with Gasteiger partial charge in [0.15, 0.2) is 6.54 Å². The fraction of sp³-hybridized carbons (Fsp3) is 0.562. The SMILES string of the molecule is CN(C)S(=O)(=O)c1cccc(NC(=O)C[NH2+]C2CCCCC2)c1. The zero-order valence-electron chi connectivity index (χ0n) is 13.8. The van der Waals surface area contributed by atoms with Crippen LogP contribution in [0.3, 0.4) is 0 Å². The van der Waals surface area contributed by atoms with Crippen molar-refractivity contribution in [2.75, 3.05) is 26.0 Å². The molecule has 1 aliphatic carbocycles. The summed E-state index contributed by atoms with van der Waals surface area (Å²) in [4.78, 5) is 12.2. The number of nitrogens with two attached hydrogens (primary N) is 1. The van der Waals surface area contributed by atoms with E-state index in [0.717, 1.165) is 4.31 Å². The first kappa shape index (κ1) is 17.9. The minimum atomic E-state index is -3.49. The van der Waals surface area contributed by atoms with Gasteiger partial charge in [-0.05, 0) is 43.9 Å². The molecule has 1 saturated carbocycles. The van der Waals surface area contributed by atoms with Crippen LogP contribution < -0.4 is 10.6 Å². The summed E-state index contributed by atoms with van der Waals surface area (Å²) in [7, 11) is -0.519. The van der Waals surface area contributed by atoms with Crippen LogP contribution in [0.15, 0.2) is 29.2 Å². The number of carbonyl (C=O) groups is 1. The minimum absolute atomic E-state index is 0.102. The van der Waals surface area contributed by atoms with Crippen LogP contribution in [0.5, 0.6) is 0 Å². The van der Waals surface area contributed by atoms with Gasteiger partial charge in [-0.2, -0.15) is 0 Å². The molecule has 0 saturated heterocycles. The number of anilines is 1. The molecule has 0 radical (unpaired) electrons. The van der Waals surface area contributed by atoms with E-state index in [0.29, 0.717) is 18.3 Å². The van der Waals surface area contributed by atoms with Gasteiger partial charge in [-0.1, -0.05) is 12.5 Å². The molecule has 0 aromatic heterocycles. The molecule has 0 spiro atoms. The maximum atomic E-state index is 12.1. The summed E-state index contributed by atoms with van der Waals surface area (Å²) < 4.78 is 25.4. The Morgan fingerprint density at radius 1 is 1.26 bits per heavy atom. The number of amides is 1. The number of carbonyl (C=O) groups excluding carboxylic acids is 1. The molecule has 128 valence electrons. The van der Waals surface area contributed by atoms with Crippen LogP contribution in [0.1, 0.15) is 32.1 Å². The minimum Gasteiger partial charge on any atom is -0.336 e. The smallest absolute Gasteiger partial charge is 0.279 e. The van der Waals surface area contributed by atoms with Crippen LogP contribution in [-0.4, -0.2) is 45.3 Å². The Balaban J connectivity index is 1.93. The summed E-state index contributed by atoms with van der Waals surface area (Å²) in [5.74, 6) is -0.102. The molecule has 7 heteroatoms. The number of benzene rings is 1. The van der Waals surface area contributed by atoms with Gasteiger partial charge in [0.25, 0.3) is 5.91 Å².